The average molecular weight is 339 g/mol. The Kier molecular flexibility index (Phi) is 4.16. The molecule has 0 aromatic carbocycles. The predicted octanol–water partition coefficient (Wildman–Crippen LogP) is 3.63. The molecule has 4 heterocycles. The largest absolute Gasteiger partial charge is 0.383 e. The maximum Gasteiger partial charge on any atom is 0.163 e. The smallest absolute Gasteiger partial charge is 0.163 e. The number of aromatic nitrogens is 3. The van der Waals surface area contributed by atoms with Crippen LogP contribution in [-0.4, -0.2) is 32.9 Å². The van der Waals surface area contributed by atoms with Crippen LogP contribution < -0.4 is 5.73 Å². The van der Waals surface area contributed by atoms with Gasteiger partial charge in [0.25, 0.3) is 0 Å². The fourth-order valence-corrected chi connectivity index (χ4v) is 4.30. The molecule has 5 nitrogen and oxygen atoms in total. The first-order valence-corrected chi connectivity index (χ1v) is 9.22. The third kappa shape index (κ3) is 3.12. The molecule has 2 N–H and O–H groups in total. The first-order chi connectivity index (χ1) is 11.7. The molecule has 0 saturated carbocycles. The van der Waals surface area contributed by atoms with Crippen molar-refractivity contribution in [2.75, 3.05) is 18.8 Å². The summed E-state index contributed by atoms with van der Waals surface area (Å²) >= 11 is 1.73. The molecule has 0 amide bonds. The molecular weight excluding hydrogens is 318 g/mol. The van der Waals surface area contributed by atoms with Gasteiger partial charge >= 0.3 is 0 Å². The first-order valence-electron chi connectivity index (χ1n) is 8.40. The number of hydrogen-bond donors (Lipinski definition) is 1. The second-order valence-corrected chi connectivity index (χ2v) is 7.50. The van der Waals surface area contributed by atoms with Gasteiger partial charge < -0.3 is 5.73 Å². The van der Waals surface area contributed by atoms with Crippen LogP contribution >= 0.6 is 11.3 Å². The van der Waals surface area contributed by atoms with E-state index in [0.29, 0.717) is 11.6 Å². The van der Waals surface area contributed by atoms with E-state index in [2.05, 4.69) is 20.9 Å². The monoisotopic (exact) mass is 339 g/mol. The number of nitrogens with zero attached hydrogens (tertiary/aromatic N) is 4. The molecule has 1 aliphatic rings. The third-order valence-electron chi connectivity index (χ3n) is 4.46. The molecular formula is C18H21N5S. The minimum atomic E-state index is 0.561. The van der Waals surface area contributed by atoms with Gasteiger partial charge in [0.05, 0.1) is 5.39 Å². The van der Waals surface area contributed by atoms with Crippen LogP contribution in [0.5, 0.6) is 0 Å². The summed E-state index contributed by atoms with van der Waals surface area (Å²) in [5, 5.41) is 0.974. The summed E-state index contributed by atoms with van der Waals surface area (Å²) in [4.78, 5) is 18.3. The summed E-state index contributed by atoms with van der Waals surface area (Å²) in [6.07, 6.45) is 5.75. The summed E-state index contributed by atoms with van der Waals surface area (Å²) in [7, 11) is 0. The van der Waals surface area contributed by atoms with Gasteiger partial charge in [0.1, 0.15) is 10.6 Å². The topological polar surface area (TPSA) is 67.9 Å². The van der Waals surface area contributed by atoms with Gasteiger partial charge in [-0.3, -0.25) is 9.88 Å². The van der Waals surface area contributed by atoms with Gasteiger partial charge in [0.15, 0.2) is 5.82 Å². The number of piperidine rings is 1. The first kappa shape index (κ1) is 15.5. The van der Waals surface area contributed by atoms with E-state index in [1.54, 1.807) is 17.5 Å². The molecule has 0 radical (unpaired) electrons. The molecule has 4 rings (SSSR count). The van der Waals surface area contributed by atoms with Crippen molar-refractivity contribution in [1.29, 1.82) is 0 Å². The van der Waals surface area contributed by atoms with Crippen LogP contribution in [-0.2, 0) is 6.54 Å². The molecule has 0 atom stereocenters. The van der Waals surface area contributed by atoms with E-state index in [1.165, 1.54) is 37.2 Å². The Morgan fingerprint density at radius 2 is 2.00 bits per heavy atom. The van der Waals surface area contributed by atoms with Gasteiger partial charge in [-0.15, -0.1) is 11.3 Å². The summed E-state index contributed by atoms with van der Waals surface area (Å²) in [6, 6.07) is 6.07. The lowest BCUT2D eigenvalue weighted by atomic mass is 10.1. The van der Waals surface area contributed by atoms with E-state index in [4.69, 9.17) is 10.7 Å². The fourth-order valence-electron chi connectivity index (χ4n) is 3.22. The number of fused-ring (bicyclic) bond motifs is 1. The van der Waals surface area contributed by atoms with Gasteiger partial charge in [0, 0.05) is 28.9 Å². The van der Waals surface area contributed by atoms with Gasteiger partial charge in [-0.05, 0) is 51.1 Å². The van der Waals surface area contributed by atoms with Gasteiger partial charge in [-0.1, -0.05) is 6.42 Å². The molecule has 1 saturated heterocycles. The zero-order chi connectivity index (χ0) is 16.5. The number of anilines is 1. The summed E-state index contributed by atoms with van der Waals surface area (Å²) in [6.45, 7) is 5.34. The maximum absolute atomic E-state index is 6.21. The van der Waals surface area contributed by atoms with Crippen molar-refractivity contribution < 1.29 is 0 Å². The number of thiophene rings is 1. The Hall–Kier alpha value is -2.05. The number of hydrogen-bond acceptors (Lipinski definition) is 6. The second kappa shape index (κ2) is 6.45. The van der Waals surface area contributed by atoms with E-state index in [1.807, 2.05) is 19.1 Å². The van der Waals surface area contributed by atoms with E-state index in [-0.39, 0.29) is 0 Å². The number of rotatable bonds is 3. The Bertz CT molecular complexity index is 867. The van der Waals surface area contributed by atoms with Crippen molar-refractivity contribution in [3.8, 4) is 11.4 Å². The van der Waals surface area contributed by atoms with Crippen molar-refractivity contribution in [2.24, 2.45) is 0 Å². The molecule has 1 fully saturated rings. The molecule has 124 valence electrons. The second-order valence-electron chi connectivity index (χ2n) is 6.39. The molecule has 3 aromatic heterocycles. The molecule has 0 spiro atoms. The van der Waals surface area contributed by atoms with Crippen LogP contribution in [0.4, 0.5) is 5.82 Å². The van der Waals surface area contributed by atoms with Crippen molar-refractivity contribution in [3.63, 3.8) is 0 Å². The Balaban J connectivity index is 1.67. The van der Waals surface area contributed by atoms with Crippen molar-refractivity contribution in [1.82, 2.24) is 19.9 Å². The predicted molar refractivity (Wildman–Crippen MR) is 98.9 cm³/mol. The van der Waals surface area contributed by atoms with Crippen LogP contribution in [0.2, 0.25) is 0 Å². The standard InChI is InChI=1S/C18H21N5S/c1-12-9-13(5-6-20-12)17-21-16(19)15-10-14(24-18(15)22-17)11-23-7-3-2-4-8-23/h5-6,9-10H,2-4,7-8,11H2,1H3,(H2,19,21,22). The molecule has 6 heteroatoms. The Labute approximate surface area is 145 Å². The average Bonchev–Trinajstić information content (AvgIpc) is 2.99. The van der Waals surface area contributed by atoms with Crippen LogP contribution in [0.1, 0.15) is 29.8 Å². The molecule has 0 unspecified atom stereocenters. The highest BCUT2D eigenvalue weighted by Crippen LogP contribution is 2.31. The van der Waals surface area contributed by atoms with E-state index < -0.39 is 0 Å². The Morgan fingerprint density at radius 1 is 1.17 bits per heavy atom. The minimum Gasteiger partial charge on any atom is -0.383 e. The van der Waals surface area contributed by atoms with Crippen molar-refractivity contribution in [2.45, 2.75) is 32.7 Å². The van der Waals surface area contributed by atoms with Crippen LogP contribution in [0.25, 0.3) is 21.6 Å². The normalized spacial score (nSPS) is 15.9. The molecule has 0 bridgehead atoms. The lowest BCUT2D eigenvalue weighted by molar-refractivity contribution is 0.223. The van der Waals surface area contributed by atoms with Crippen molar-refractivity contribution >= 4 is 27.4 Å². The van der Waals surface area contributed by atoms with Gasteiger partial charge in [-0.2, -0.15) is 0 Å². The van der Waals surface area contributed by atoms with E-state index >= 15 is 0 Å². The number of aryl methyl sites for hydroxylation is 1. The third-order valence-corrected chi connectivity index (χ3v) is 5.47. The zero-order valence-electron chi connectivity index (χ0n) is 13.8. The number of nitrogen functional groups attached to an aromatic ring is 1. The highest BCUT2D eigenvalue weighted by Gasteiger charge is 2.15. The number of nitrogens with two attached hydrogens (primary N) is 1. The molecule has 3 aromatic rings. The van der Waals surface area contributed by atoms with Gasteiger partial charge in [0.2, 0.25) is 0 Å². The quantitative estimate of drug-likeness (QED) is 0.789. The molecule has 1 aliphatic heterocycles. The van der Waals surface area contributed by atoms with E-state index in [9.17, 15) is 0 Å². The lowest BCUT2D eigenvalue weighted by Crippen LogP contribution is -2.28. The van der Waals surface area contributed by atoms with Gasteiger partial charge in [-0.25, -0.2) is 9.97 Å². The highest BCUT2D eigenvalue weighted by atomic mass is 32.1. The Morgan fingerprint density at radius 3 is 2.79 bits per heavy atom. The number of likely N-dealkylation sites (tertiary alicyclic amines) is 1. The summed E-state index contributed by atoms with van der Waals surface area (Å²) < 4.78 is 0. The SMILES string of the molecule is Cc1cc(-c2nc(N)c3cc(CN4CCCCC4)sc3n2)ccn1. The molecule has 0 aliphatic carbocycles. The summed E-state index contributed by atoms with van der Waals surface area (Å²) in [5.41, 5.74) is 8.12. The fraction of sp³-hybridized carbons (Fsp3) is 0.389. The summed E-state index contributed by atoms with van der Waals surface area (Å²) in [5.74, 6) is 1.24. The van der Waals surface area contributed by atoms with Crippen LogP contribution in [0.15, 0.2) is 24.4 Å². The highest BCUT2D eigenvalue weighted by molar-refractivity contribution is 7.18. The van der Waals surface area contributed by atoms with E-state index in [0.717, 1.165) is 28.0 Å². The number of pyridine rings is 1. The van der Waals surface area contributed by atoms with Crippen LogP contribution in [0.3, 0.4) is 0 Å². The zero-order valence-corrected chi connectivity index (χ0v) is 14.6. The minimum absolute atomic E-state index is 0.561. The molecule has 24 heavy (non-hydrogen) atoms. The van der Waals surface area contributed by atoms with Crippen LogP contribution in [0, 0.1) is 6.92 Å². The lowest BCUT2D eigenvalue weighted by Gasteiger charge is -2.25. The van der Waals surface area contributed by atoms with Crippen molar-refractivity contribution in [3.05, 3.63) is 35.0 Å². The maximum atomic E-state index is 6.21.